The van der Waals surface area contributed by atoms with Crippen molar-refractivity contribution in [2.75, 3.05) is 24.5 Å². The first-order chi connectivity index (χ1) is 18.9. The smallest absolute Gasteiger partial charge is 0.259 e. The molecule has 3 fully saturated rings. The van der Waals surface area contributed by atoms with Crippen LogP contribution >= 0.6 is 0 Å². The topological polar surface area (TPSA) is 87.5 Å². The van der Waals surface area contributed by atoms with Crippen molar-refractivity contribution in [1.82, 2.24) is 20.0 Å². The third-order valence-corrected chi connectivity index (χ3v) is 9.49. The van der Waals surface area contributed by atoms with Crippen LogP contribution in [0.3, 0.4) is 0 Å². The van der Waals surface area contributed by atoms with Crippen molar-refractivity contribution in [3.8, 4) is 0 Å². The van der Waals surface area contributed by atoms with Crippen LogP contribution in [0.25, 0.3) is 10.8 Å². The molecule has 202 valence electrons. The molecule has 0 radical (unpaired) electrons. The summed E-state index contributed by atoms with van der Waals surface area (Å²) in [5, 5.41) is 9.07. The Morgan fingerprint density at radius 2 is 1.87 bits per heavy atom. The molecule has 0 bridgehead atoms. The number of rotatable bonds is 6. The third-order valence-electron chi connectivity index (χ3n) is 9.49. The lowest BCUT2D eigenvalue weighted by molar-refractivity contribution is -0.134. The molecule has 1 unspecified atom stereocenters. The van der Waals surface area contributed by atoms with E-state index < -0.39 is 11.9 Å². The first-order valence-electron chi connectivity index (χ1n) is 14.4. The molecule has 3 amide bonds. The van der Waals surface area contributed by atoms with Crippen molar-refractivity contribution < 1.29 is 14.4 Å². The maximum absolute atomic E-state index is 13.4. The number of nitrogens with zero attached hydrogens (tertiary/aromatic N) is 4. The number of piperidine rings is 2. The summed E-state index contributed by atoms with van der Waals surface area (Å²) in [5.41, 5.74) is 4.20. The van der Waals surface area contributed by atoms with Crippen LogP contribution in [-0.4, -0.2) is 58.1 Å². The van der Waals surface area contributed by atoms with Gasteiger partial charge >= 0.3 is 0 Å². The standard InChI is InChI=1S/C31H35N5O3/c1-31(12-3-13-31)19-34-14-10-22(11-15-34)35-18-20(17-32-35)16-21-6-7-25-28-23(21)4-2-5-24(28)30(39)36(25)26-8-9-27(37)33-29(26)38/h2,4-7,17-18,22,26H,3,8-16,19H2,1H3,(H,33,37,38). The Bertz CT molecular complexity index is 1480. The summed E-state index contributed by atoms with van der Waals surface area (Å²) in [6.45, 7) is 5.95. The predicted molar refractivity (Wildman–Crippen MR) is 149 cm³/mol. The number of benzene rings is 2. The number of carbonyl (C=O) groups excluding carboxylic acids is 3. The maximum atomic E-state index is 13.4. The number of carbonyl (C=O) groups is 3. The molecule has 1 atom stereocenters. The normalized spacial score (nSPS) is 23.4. The monoisotopic (exact) mass is 525 g/mol. The average molecular weight is 526 g/mol. The van der Waals surface area contributed by atoms with Crippen molar-refractivity contribution in [1.29, 1.82) is 0 Å². The summed E-state index contributed by atoms with van der Waals surface area (Å²) in [6.07, 6.45) is 11.9. The van der Waals surface area contributed by atoms with Crippen LogP contribution in [0.15, 0.2) is 42.7 Å². The third kappa shape index (κ3) is 4.25. The lowest BCUT2D eigenvalue weighted by Gasteiger charge is -2.44. The van der Waals surface area contributed by atoms with Crippen molar-refractivity contribution in [3.63, 3.8) is 0 Å². The van der Waals surface area contributed by atoms with Gasteiger partial charge in [-0.3, -0.25) is 29.3 Å². The highest BCUT2D eigenvalue weighted by molar-refractivity contribution is 6.27. The Hall–Kier alpha value is -3.52. The van der Waals surface area contributed by atoms with E-state index >= 15 is 0 Å². The number of imide groups is 1. The zero-order chi connectivity index (χ0) is 26.7. The molecule has 8 heteroatoms. The number of hydrogen-bond donors (Lipinski definition) is 1. The largest absolute Gasteiger partial charge is 0.303 e. The van der Waals surface area contributed by atoms with Gasteiger partial charge in [0.2, 0.25) is 11.8 Å². The van der Waals surface area contributed by atoms with E-state index in [9.17, 15) is 14.4 Å². The van der Waals surface area contributed by atoms with Crippen LogP contribution in [0.5, 0.6) is 0 Å². The predicted octanol–water partition coefficient (Wildman–Crippen LogP) is 4.22. The Morgan fingerprint density at radius 3 is 2.62 bits per heavy atom. The van der Waals surface area contributed by atoms with Gasteiger partial charge in [0.15, 0.2) is 0 Å². The molecule has 4 aliphatic rings. The molecule has 4 heterocycles. The molecule has 3 aliphatic heterocycles. The molecule has 1 N–H and O–H groups in total. The molecule has 3 aromatic rings. The van der Waals surface area contributed by atoms with Gasteiger partial charge in [0, 0.05) is 49.6 Å². The number of amides is 3. The highest BCUT2D eigenvalue weighted by Crippen LogP contribution is 2.42. The molecule has 1 saturated carbocycles. The summed E-state index contributed by atoms with van der Waals surface area (Å²) in [7, 11) is 0. The number of nitrogens with one attached hydrogen (secondary N) is 1. The van der Waals surface area contributed by atoms with E-state index in [4.69, 9.17) is 5.10 Å². The molecule has 2 saturated heterocycles. The Balaban J connectivity index is 1.09. The van der Waals surface area contributed by atoms with Gasteiger partial charge in [-0.2, -0.15) is 5.10 Å². The van der Waals surface area contributed by atoms with Crippen LogP contribution in [0, 0.1) is 5.41 Å². The summed E-state index contributed by atoms with van der Waals surface area (Å²) in [4.78, 5) is 41.9. The lowest BCUT2D eigenvalue weighted by Crippen LogP contribution is -2.53. The van der Waals surface area contributed by atoms with Crippen molar-refractivity contribution >= 4 is 34.2 Å². The zero-order valence-electron chi connectivity index (χ0n) is 22.5. The van der Waals surface area contributed by atoms with Gasteiger partial charge in [0.25, 0.3) is 5.91 Å². The zero-order valence-corrected chi connectivity index (χ0v) is 22.5. The highest BCUT2D eigenvalue weighted by atomic mass is 16.2. The second-order valence-electron chi connectivity index (χ2n) is 12.3. The summed E-state index contributed by atoms with van der Waals surface area (Å²) >= 11 is 0. The number of likely N-dealkylation sites (tertiary alicyclic amines) is 1. The van der Waals surface area contributed by atoms with Gasteiger partial charge in [-0.25, -0.2) is 0 Å². The van der Waals surface area contributed by atoms with E-state index in [1.54, 1.807) is 4.90 Å². The first kappa shape index (κ1) is 24.5. The van der Waals surface area contributed by atoms with E-state index in [1.165, 1.54) is 25.8 Å². The van der Waals surface area contributed by atoms with E-state index in [1.807, 2.05) is 24.4 Å². The van der Waals surface area contributed by atoms with Gasteiger partial charge in [0.05, 0.1) is 17.9 Å². The van der Waals surface area contributed by atoms with E-state index in [0.717, 1.165) is 59.9 Å². The number of aromatic nitrogens is 2. The summed E-state index contributed by atoms with van der Waals surface area (Å²) in [6, 6.07) is 9.60. The fraction of sp³-hybridized carbons (Fsp3) is 0.484. The highest BCUT2D eigenvalue weighted by Gasteiger charge is 2.41. The molecule has 8 nitrogen and oxygen atoms in total. The lowest BCUT2D eigenvalue weighted by atomic mass is 9.70. The second-order valence-corrected chi connectivity index (χ2v) is 12.3. The quantitative estimate of drug-likeness (QED) is 0.487. The fourth-order valence-electron chi connectivity index (χ4n) is 7.17. The van der Waals surface area contributed by atoms with Gasteiger partial charge in [-0.05, 0) is 66.2 Å². The van der Waals surface area contributed by atoms with E-state index in [2.05, 4.69) is 40.2 Å². The summed E-state index contributed by atoms with van der Waals surface area (Å²) in [5.74, 6) is -0.858. The van der Waals surface area contributed by atoms with E-state index in [-0.39, 0.29) is 18.2 Å². The van der Waals surface area contributed by atoms with Crippen LogP contribution < -0.4 is 10.2 Å². The van der Waals surface area contributed by atoms with Crippen LogP contribution in [0.1, 0.15) is 79.4 Å². The second kappa shape index (κ2) is 9.30. The fourth-order valence-corrected chi connectivity index (χ4v) is 7.17. The minimum Gasteiger partial charge on any atom is -0.303 e. The number of anilines is 1. The van der Waals surface area contributed by atoms with Crippen LogP contribution in [0.4, 0.5) is 5.69 Å². The minimum atomic E-state index is -0.669. The molecule has 39 heavy (non-hydrogen) atoms. The molecule has 1 aromatic heterocycles. The molecular weight excluding hydrogens is 490 g/mol. The maximum Gasteiger partial charge on any atom is 0.259 e. The SMILES string of the molecule is CC1(CN2CCC(n3cc(Cc4ccc5c6c(cccc46)C(=O)N5C4CCC(=O)NC4=O)cn3)CC2)CCC1. The van der Waals surface area contributed by atoms with Gasteiger partial charge in [-0.1, -0.05) is 31.5 Å². The minimum absolute atomic E-state index is 0.173. The van der Waals surface area contributed by atoms with Gasteiger partial charge < -0.3 is 4.90 Å². The first-order valence-corrected chi connectivity index (χ1v) is 14.4. The molecule has 0 spiro atoms. The molecule has 1 aliphatic carbocycles. The van der Waals surface area contributed by atoms with E-state index in [0.29, 0.717) is 23.4 Å². The van der Waals surface area contributed by atoms with Crippen LogP contribution in [-0.2, 0) is 16.0 Å². The summed E-state index contributed by atoms with van der Waals surface area (Å²) < 4.78 is 2.16. The van der Waals surface area contributed by atoms with Crippen molar-refractivity contribution in [2.24, 2.45) is 5.41 Å². The van der Waals surface area contributed by atoms with Gasteiger partial charge in [0.1, 0.15) is 6.04 Å². The van der Waals surface area contributed by atoms with Crippen molar-refractivity contribution in [3.05, 3.63) is 59.4 Å². The molecule has 7 rings (SSSR count). The molecular formula is C31H35N5O3. The molecule has 2 aromatic carbocycles. The van der Waals surface area contributed by atoms with Crippen molar-refractivity contribution in [2.45, 2.75) is 70.4 Å². The Kier molecular flexibility index (Phi) is 5.84. The Morgan fingerprint density at radius 1 is 1.05 bits per heavy atom. The average Bonchev–Trinajstić information content (AvgIpc) is 3.49. The van der Waals surface area contributed by atoms with Gasteiger partial charge in [-0.15, -0.1) is 0 Å². The Labute approximate surface area is 228 Å². The van der Waals surface area contributed by atoms with Crippen LogP contribution in [0.2, 0.25) is 0 Å². The number of hydrogen-bond acceptors (Lipinski definition) is 5.